The van der Waals surface area contributed by atoms with Gasteiger partial charge in [-0.2, -0.15) is 0 Å². The first-order chi connectivity index (χ1) is 7.31. The van der Waals surface area contributed by atoms with E-state index in [2.05, 4.69) is 9.97 Å². The minimum atomic E-state index is 0.285. The van der Waals surface area contributed by atoms with Crippen LogP contribution in [0.1, 0.15) is 30.1 Å². The summed E-state index contributed by atoms with van der Waals surface area (Å²) in [6, 6.07) is 0. The molecule has 2 heterocycles. The van der Waals surface area contributed by atoms with Gasteiger partial charge in [-0.1, -0.05) is 0 Å². The largest absolute Gasteiger partial charge is 0.383 e. The lowest BCUT2D eigenvalue weighted by atomic mass is 10.0. The summed E-state index contributed by atoms with van der Waals surface area (Å²) in [7, 11) is 0. The second-order valence-corrected chi connectivity index (χ2v) is 3.76. The lowest BCUT2D eigenvalue weighted by Gasteiger charge is -2.21. The second kappa shape index (κ2) is 4.55. The topological polar surface area (TPSA) is 87.0 Å². The van der Waals surface area contributed by atoms with E-state index in [-0.39, 0.29) is 5.92 Å². The smallest absolute Gasteiger partial charge is 0.136 e. The van der Waals surface area contributed by atoms with Crippen LogP contribution in [-0.4, -0.2) is 23.2 Å². The third kappa shape index (κ3) is 2.24. The van der Waals surface area contributed by atoms with Crippen LogP contribution in [0.2, 0.25) is 0 Å². The highest BCUT2D eigenvalue weighted by Crippen LogP contribution is 2.23. The summed E-state index contributed by atoms with van der Waals surface area (Å²) in [5, 5.41) is 0. The van der Waals surface area contributed by atoms with E-state index >= 15 is 0 Å². The lowest BCUT2D eigenvalue weighted by Crippen LogP contribution is -2.19. The first-order valence-electron chi connectivity index (χ1n) is 5.20. The molecule has 1 saturated heterocycles. The van der Waals surface area contributed by atoms with Crippen LogP contribution in [-0.2, 0) is 11.3 Å². The van der Waals surface area contributed by atoms with E-state index in [0.29, 0.717) is 19.0 Å². The van der Waals surface area contributed by atoms with E-state index < -0.39 is 0 Å². The van der Waals surface area contributed by atoms with Gasteiger partial charge in [0.05, 0.1) is 6.61 Å². The number of anilines is 1. The number of nitrogens with zero attached hydrogens (tertiary/aromatic N) is 2. The first-order valence-corrected chi connectivity index (χ1v) is 5.20. The molecule has 0 spiro atoms. The van der Waals surface area contributed by atoms with E-state index in [0.717, 1.165) is 30.8 Å². The molecular formula is C10H16N4O. The predicted molar refractivity (Wildman–Crippen MR) is 57.1 cm³/mol. The van der Waals surface area contributed by atoms with Crippen LogP contribution in [0.4, 0.5) is 5.82 Å². The van der Waals surface area contributed by atoms with Gasteiger partial charge in [0.25, 0.3) is 0 Å². The van der Waals surface area contributed by atoms with Gasteiger partial charge in [-0.25, -0.2) is 9.97 Å². The van der Waals surface area contributed by atoms with Gasteiger partial charge in [0.1, 0.15) is 11.6 Å². The molecule has 0 amide bonds. The SMILES string of the molecule is NCc1cnc(C2CCCOC2)nc1N. The molecule has 1 unspecified atom stereocenters. The highest BCUT2D eigenvalue weighted by Gasteiger charge is 2.19. The van der Waals surface area contributed by atoms with Gasteiger partial charge in [-0.3, -0.25) is 0 Å². The van der Waals surface area contributed by atoms with Crippen molar-refractivity contribution < 1.29 is 4.74 Å². The van der Waals surface area contributed by atoms with E-state index in [1.165, 1.54) is 0 Å². The number of hydrogen-bond acceptors (Lipinski definition) is 5. The summed E-state index contributed by atoms with van der Waals surface area (Å²) >= 11 is 0. The quantitative estimate of drug-likeness (QED) is 0.735. The Morgan fingerprint density at radius 3 is 3.00 bits per heavy atom. The maximum absolute atomic E-state index is 5.77. The Balaban J connectivity index is 2.17. The summed E-state index contributed by atoms with van der Waals surface area (Å²) in [6.45, 7) is 1.92. The molecule has 1 aliphatic rings. The van der Waals surface area contributed by atoms with Crippen molar-refractivity contribution >= 4 is 5.82 Å². The van der Waals surface area contributed by atoms with Crippen molar-refractivity contribution in [3.05, 3.63) is 17.6 Å². The van der Waals surface area contributed by atoms with E-state index in [9.17, 15) is 0 Å². The molecule has 1 aliphatic heterocycles. The third-order valence-electron chi connectivity index (χ3n) is 2.66. The molecule has 5 nitrogen and oxygen atoms in total. The number of rotatable bonds is 2. The van der Waals surface area contributed by atoms with Crippen LogP contribution < -0.4 is 11.5 Å². The maximum Gasteiger partial charge on any atom is 0.136 e. The van der Waals surface area contributed by atoms with Crippen molar-refractivity contribution in [2.75, 3.05) is 18.9 Å². The van der Waals surface area contributed by atoms with Gasteiger partial charge in [0.15, 0.2) is 0 Å². The average molecular weight is 208 g/mol. The fraction of sp³-hybridized carbons (Fsp3) is 0.600. The molecule has 2 rings (SSSR count). The fourth-order valence-corrected chi connectivity index (χ4v) is 1.73. The third-order valence-corrected chi connectivity index (χ3v) is 2.66. The Kier molecular flexibility index (Phi) is 3.13. The Hall–Kier alpha value is -1.20. The summed E-state index contributed by atoms with van der Waals surface area (Å²) in [5.41, 5.74) is 12.1. The Bertz CT molecular complexity index is 336. The number of ether oxygens (including phenoxy) is 1. The van der Waals surface area contributed by atoms with Crippen LogP contribution in [0.5, 0.6) is 0 Å². The maximum atomic E-state index is 5.77. The minimum Gasteiger partial charge on any atom is -0.383 e. The van der Waals surface area contributed by atoms with Gasteiger partial charge < -0.3 is 16.2 Å². The molecule has 0 radical (unpaired) electrons. The molecule has 0 saturated carbocycles. The second-order valence-electron chi connectivity index (χ2n) is 3.76. The van der Waals surface area contributed by atoms with E-state index in [1.807, 2.05) is 0 Å². The van der Waals surface area contributed by atoms with Crippen molar-refractivity contribution in [1.82, 2.24) is 9.97 Å². The molecular weight excluding hydrogens is 192 g/mol. The van der Waals surface area contributed by atoms with Crippen LogP contribution in [0, 0.1) is 0 Å². The van der Waals surface area contributed by atoms with Crippen molar-refractivity contribution in [3.8, 4) is 0 Å². The van der Waals surface area contributed by atoms with Gasteiger partial charge in [-0.05, 0) is 12.8 Å². The molecule has 82 valence electrons. The molecule has 1 atom stereocenters. The van der Waals surface area contributed by atoms with Crippen LogP contribution in [0.3, 0.4) is 0 Å². The monoisotopic (exact) mass is 208 g/mol. The zero-order valence-corrected chi connectivity index (χ0v) is 8.65. The fourth-order valence-electron chi connectivity index (χ4n) is 1.73. The Morgan fingerprint density at radius 2 is 2.40 bits per heavy atom. The number of hydrogen-bond donors (Lipinski definition) is 2. The average Bonchev–Trinajstić information content (AvgIpc) is 2.30. The van der Waals surface area contributed by atoms with Crippen molar-refractivity contribution in [1.29, 1.82) is 0 Å². The van der Waals surface area contributed by atoms with Crippen LogP contribution >= 0.6 is 0 Å². The predicted octanol–water partition coefficient (Wildman–Crippen LogP) is 0.411. The van der Waals surface area contributed by atoms with Crippen LogP contribution in [0.15, 0.2) is 6.20 Å². The van der Waals surface area contributed by atoms with Crippen molar-refractivity contribution in [2.24, 2.45) is 5.73 Å². The van der Waals surface area contributed by atoms with E-state index in [4.69, 9.17) is 16.2 Å². The highest BCUT2D eigenvalue weighted by molar-refractivity contribution is 5.37. The number of nitrogen functional groups attached to an aromatic ring is 1. The highest BCUT2D eigenvalue weighted by atomic mass is 16.5. The molecule has 0 aliphatic carbocycles. The summed E-state index contributed by atoms with van der Waals surface area (Å²) in [4.78, 5) is 8.56. The molecule has 15 heavy (non-hydrogen) atoms. The zero-order chi connectivity index (χ0) is 10.7. The molecule has 0 bridgehead atoms. The Morgan fingerprint density at radius 1 is 1.53 bits per heavy atom. The van der Waals surface area contributed by atoms with Gasteiger partial charge >= 0.3 is 0 Å². The Labute approximate surface area is 88.8 Å². The molecule has 0 aromatic carbocycles. The molecule has 1 fully saturated rings. The van der Waals surface area contributed by atoms with Gasteiger partial charge in [0, 0.05) is 30.8 Å². The standard InChI is InChI=1S/C10H16N4O/c11-4-8-5-13-10(14-9(8)12)7-2-1-3-15-6-7/h5,7H,1-4,6,11H2,(H2,12,13,14). The minimum absolute atomic E-state index is 0.285. The summed E-state index contributed by atoms with van der Waals surface area (Å²) < 4.78 is 5.39. The molecule has 1 aromatic heterocycles. The zero-order valence-electron chi connectivity index (χ0n) is 8.65. The van der Waals surface area contributed by atoms with Gasteiger partial charge in [-0.15, -0.1) is 0 Å². The van der Waals surface area contributed by atoms with Crippen molar-refractivity contribution in [2.45, 2.75) is 25.3 Å². The first kappa shape index (κ1) is 10.3. The summed E-state index contributed by atoms with van der Waals surface area (Å²) in [6.07, 6.45) is 3.85. The normalized spacial score (nSPS) is 21.5. The van der Waals surface area contributed by atoms with Gasteiger partial charge in [0.2, 0.25) is 0 Å². The molecule has 1 aromatic rings. The summed E-state index contributed by atoms with van der Waals surface area (Å²) in [5.74, 6) is 1.56. The lowest BCUT2D eigenvalue weighted by molar-refractivity contribution is 0.0781. The number of nitrogens with two attached hydrogens (primary N) is 2. The van der Waals surface area contributed by atoms with Crippen LogP contribution in [0.25, 0.3) is 0 Å². The van der Waals surface area contributed by atoms with E-state index in [1.54, 1.807) is 6.20 Å². The molecule has 4 N–H and O–H groups in total. The molecule has 5 heteroatoms. The van der Waals surface area contributed by atoms with Crippen molar-refractivity contribution in [3.63, 3.8) is 0 Å². The number of aromatic nitrogens is 2.